The van der Waals surface area contributed by atoms with E-state index in [1.807, 2.05) is 53.4 Å². The molecule has 0 atom stereocenters. The van der Waals surface area contributed by atoms with Crippen molar-refractivity contribution >= 4 is 28.2 Å². The van der Waals surface area contributed by atoms with Gasteiger partial charge >= 0.3 is 5.97 Å². The molecule has 6 rings (SSSR count). The molecule has 10 nitrogen and oxygen atoms in total. The van der Waals surface area contributed by atoms with Crippen molar-refractivity contribution < 1.29 is 19.0 Å². The Morgan fingerprint density at radius 3 is 2.44 bits per heavy atom. The summed E-state index contributed by atoms with van der Waals surface area (Å²) < 4.78 is 24.2. The average Bonchev–Trinajstić information content (AvgIpc) is 3.51. The molecule has 0 aliphatic carbocycles. The lowest BCUT2D eigenvalue weighted by molar-refractivity contribution is 0.0695. The van der Waals surface area contributed by atoms with Crippen LogP contribution in [0.2, 0.25) is 0 Å². The summed E-state index contributed by atoms with van der Waals surface area (Å²) in [7, 11) is 1.63. The van der Waals surface area contributed by atoms with Gasteiger partial charge in [-0.2, -0.15) is 0 Å². The molecule has 11 heteroatoms. The van der Waals surface area contributed by atoms with E-state index in [-0.39, 0.29) is 5.39 Å². The fourth-order valence-corrected chi connectivity index (χ4v) is 5.22. The summed E-state index contributed by atoms with van der Waals surface area (Å²) in [5, 5.41) is 17.5. The van der Waals surface area contributed by atoms with Crippen LogP contribution < -0.4 is 20.0 Å². The van der Waals surface area contributed by atoms with Gasteiger partial charge in [0.15, 0.2) is 0 Å². The highest BCUT2D eigenvalue weighted by Crippen LogP contribution is 2.29. The Bertz CT molecular complexity index is 1780. The van der Waals surface area contributed by atoms with Gasteiger partial charge in [-0.05, 0) is 42.0 Å². The molecule has 0 bridgehead atoms. The maximum atomic E-state index is 15.5. The molecule has 2 aromatic heterocycles. The molecule has 41 heavy (non-hydrogen) atoms. The minimum Gasteiger partial charge on any atom is -0.497 e. The molecule has 0 unspecified atom stereocenters. The first-order chi connectivity index (χ1) is 19.9. The van der Waals surface area contributed by atoms with E-state index in [1.165, 1.54) is 6.20 Å². The zero-order chi connectivity index (χ0) is 28.5. The summed E-state index contributed by atoms with van der Waals surface area (Å²) in [4.78, 5) is 29.2. The standard InChI is InChI=1S/C30H27FN6O4/c1-41-23-4-2-3-22(15-23)34-11-13-35(14-12-34)28-17-27-24(16-26(28)31)29(38)25(30(39)40)19-37(27)21-7-5-20(6-8-21)18-36-10-9-32-33-36/h2-10,15-17,19H,11-14,18H2,1H3,(H,39,40). The van der Waals surface area contributed by atoms with E-state index >= 15 is 4.39 Å². The van der Waals surface area contributed by atoms with Crippen molar-refractivity contribution in [3.05, 3.63) is 106 Å². The topological polar surface area (TPSA) is 106 Å². The van der Waals surface area contributed by atoms with E-state index in [2.05, 4.69) is 15.2 Å². The van der Waals surface area contributed by atoms with Crippen molar-refractivity contribution in [1.82, 2.24) is 19.6 Å². The predicted molar refractivity (Wildman–Crippen MR) is 153 cm³/mol. The molecular weight excluding hydrogens is 527 g/mol. The highest BCUT2D eigenvalue weighted by atomic mass is 19.1. The van der Waals surface area contributed by atoms with Gasteiger partial charge in [0.2, 0.25) is 5.43 Å². The number of methoxy groups -OCH3 is 1. The van der Waals surface area contributed by atoms with Crippen molar-refractivity contribution in [3.63, 3.8) is 0 Å². The van der Waals surface area contributed by atoms with Crippen LogP contribution >= 0.6 is 0 Å². The van der Waals surface area contributed by atoms with Crippen molar-refractivity contribution in [3.8, 4) is 11.4 Å². The van der Waals surface area contributed by atoms with Gasteiger partial charge in [0, 0.05) is 61.4 Å². The minimum atomic E-state index is -1.37. The number of rotatable bonds is 7. The van der Waals surface area contributed by atoms with Crippen molar-refractivity contribution in [2.75, 3.05) is 43.1 Å². The number of carboxylic acid groups (broad SMARTS) is 1. The summed E-state index contributed by atoms with van der Waals surface area (Å²) in [6.07, 6.45) is 4.67. The normalized spacial score (nSPS) is 13.5. The third-order valence-electron chi connectivity index (χ3n) is 7.37. The third-order valence-corrected chi connectivity index (χ3v) is 7.37. The van der Waals surface area contributed by atoms with E-state index in [1.54, 1.807) is 34.8 Å². The van der Waals surface area contributed by atoms with Crippen LogP contribution in [0.3, 0.4) is 0 Å². The molecule has 0 spiro atoms. The molecule has 0 radical (unpaired) electrons. The Morgan fingerprint density at radius 1 is 1.00 bits per heavy atom. The van der Waals surface area contributed by atoms with Crippen molar-refractivity contribution in [1.29, 1.82) is 0 Å². The number of fused-ring (bicyclic) bond motifs is 1. The molecule has 1 aliphatic heterocycles. The zero-order valence-corrected chi connectivity index (χ0v) is 22.3. The smallest absolute Gasteiger partial charge is 0.341 e. The number of carboxylic acids is 1. The predicted octanol–water partition coefficient (Wildman–Crippen LogP) is 3.80. The van der Waals surface area contributed by atoms with E-state index in [0.29, 0.717) is 49.6 Å². The molecule has 1 N–H and O–H groups in total. The minimum absolute atomic E-state index is 0.00728. The van der Waals surface area contributed by atoms with Crippen LogP contribution in [0.1, 0.15) is 15.9 Å². The van der Waals surface area contributed by atoms with Gasteiger partial charge in [0.05, 0.1) is 31.1 Å². The number of anilines is 2. The SMILES string of the molecule is COc1cccc(N2CCN(c3cc4c(cc3F)c(=O)c(C(=O)O)cn4-c3ccc(Cn4ccnn4)cc3)CC2)c1. The number of hydrogen-bond acceptors (Lipinski definition) is 7. The first-order valence-corrected chi connectivity index (χ1v) is 13.1. The van der Waals surface area contributed by atoms with Crippen molar-refractivity contribution in [2.24, 2.45) is 0 Å². The monoisotopic (exact) mass is 554 g/mol. The fraction of sp³-hybridized carbons (Fsp3) is 0.200. The summed E-state index contributed by atoms with van der Waals surface area (Å²) >= 11 is 0. The van der Waals surface area contributed by atoms with Crippen LogP contribution in [0, 0.1) is 5.82 Å². The molecule has 1 saturated heterocycles. The number of aromatic nitrogens is 4. The summed E-state index contributed by atoms with van der Waals surface area (Å²) in [6, 6.07) is 18.1. The highest BCUT2D eigenvalue weighted by Gasteiger charge is 2.23. The number of aromatic carboxylic acids is 1. The number of pyridine rings is 1. The summed E-state index contributed by atoms with van der Waals surface area (Å²) in [6.45, 7) is 2.98. The lowest BCUT2D eigenvalue weighted by Gasteiger charge is -2.37. The summed E-state index contributed by atoms with van der Waals surface area (Å²) in [5.74, 6) is -1.16. The largest absolute Gasteiger partial charge is 0.497 e. The van der Waals surface area contributed by atoms with Gasteiger partial charge in [-0.15, -0.1) is 5.10 Å². The number of benzene rings is 3. The second kappa shape index (κ2) is 10.8. The van der Waals surface area contributed by atoms with Gasteiger partial charge < -0.3 is 24.2 Å². The highest BCUT2D eigenvalue weighted by molar-refractivity contribution is 5.94. The molecule has 3 aromatic carbocycles. The lowest BCUT2D eigenvalue weighted by atomic mass is 10.1. The third kappa shape index (κ3) is 5.09. The number of hydrogen-bond donors (Lipinski definition) is 1. The Hall–Kier alpha value is -5.19. The van der Waals surface area contributed by atoms with Gasteiger partial charge in [0.1, 0.15) is 17.1 Å². The quantitative estimate of drug-likeness (QED) is 0.324. The number of piperazine rings is 1. The maximum absolute atomic E-state index is 15.5. The van der Waals surface area contributed by atoms with Gasteiger partial charge in [-0.1, -0.05) is 23.4 Å². The van der Waals surface area contributed by atoms with Crippen LogP contribution in [0.15, 0.2) is 84.0 Å². The second-order valence-electron chi connectivity index (χ2n) is 9.81. The van der Waals surface area contributed by atoms with E-state index in [4.69, 9.17) is 4.74 Å². The molecule has 0 amide bonds. The Balaban J connectivity index is 1.35. The molecule has 0 saturated carbocycles. The zero-order valence-electron chi connectivity index (χ0n) is 22.3. The first kappa shape index (κ1) is 26.1. The second-order valence-corrected chi connectivity index (χ2v) is 9.81. The number of nitrogens with zero attached hydrogens (tertiary/aromatic N) is 6. The first-order valence-electron chi connectivity index (χ1n) is 13.1. The van der Waals surface area contributed by atoms with Crippen LogP contribution in [0.5, 0.6) is 5.75 Å². The number of halogens is 1. The Morgan fingerprint density at radius 2 is 1.76 bits per heavy atom. The fourth-order valence-electron chi connectivity index (χ4n) is 5.22. The number of carbonyl (C=O) groups is 1. The maximum Gasteiger partial charge on any atom is 0.341 e. The van der Waals surface area contributed by atoms with E-state index in [0.717, 1.165) is 23.1 Å². The molecular formula is C30H27FN6O4. The average molecular weight is 555 g/mol. The number of ether oxygens (including phenoxy) is 1. The molecule has 3 heterocycles. The van der Waals surface area contributed by atoms with Crippen LogP contribution in [-0.4, -0.2) is 63.9 Å². The molecule has 208 valence electrons. The van der Waals surface area contributed by atoms with Crippen LogP contribution in [0.4, 0.5) is 15.8 Å². The Kier molecular flexibility index (Phi) is 6.84. The van der Waals surface area contributed by atoms with E-state index < -0.39 is 22.8 Å². The van der Waals surface area contributed by atoms with Gasteiger partial charge in [-0.3, -0.25) is 4.79 Å². The van der Waals surface area contributed by atoms with Gasteiger partial charge in [0.25, 0.3) is 0 Å². The van der Waals surface area contributed by atoms with Gasteiger partial charge in [-0.25, -0.2) is 13.9 Å². The van der Waals surface area contributed by atoms with Crippen molar-refractivity contribution in [2.45, 2.75) is 6.54 Å². The Labute approximate surface area is 234 Å². The molecule has 1 fully saturated rings. The lowest BCUT2D eigenvalue weighted by Crippen LogP contribution is -2.46. The summed E-state index contributed by atoms with van der Waals surface area (Å²) in [5.41, 5.74) is 2.27. The van der Waals surface area contributed by atoms with Crippen LogP contribution in [-0.2, 0) is 6.54 Å². The molecule has 1 aliphatic rings. The molecule has 5 aromatic rings. The van der Waals surface area contributed by atoms with E-state index in [9.17, 15) is 14.7 Å². The van der Waals surface area contributed by atoms with Crippen LogP contribution in [0.25, 0.3) is 16.6 Å².